The van der Waals surface area contributed by atoms with E-state index >= 15 is 0 Å². The third-order valence-electron chi connectivity index (χ3n) is 12.4. The van der Waals surface area contributed by atoms with Crippen LogP contribution in [0.3, 0.4) is 0 Å². The van der Waals surface area contributed by atoms with Crippen LogP contribution in [0.4, 0.5) is 17.1 Å². The van der Waals surface area contributed by atoms with Gasteiger partial charge in [-0.1, -0.05) is 178 Å². The lowest BCUT2D eigenvalue weighted by Gasteiger charge is -2.31. The molecule has 0 bridgehead atoms. The van der Waals surface area contributed by atoms with Crippen LogP contribution in [0.1, 0.15) is 25.0 Å². The van der Waals surface area contributed by atoms with Crippen LogP contribution in [0.5, 0.6) is 0 Å². The highest BCUT2D eigenvalue weighted by Gasteiger charge is 2.36. The van der Waals surface area contributed by atoms with Gasteiger partial charge in [0.2, 0.25) is 0 Å². The predicted octanol–water partition coefficient (Wildman–Crippen LogP) is 15.9. The minimum Gasteiger partial charge on any atom is -0.310 e. The van der Waals surface area contributed by atoms with E-state index in [-0.39, 0.29) is 5.41 Å². The van der Waals surface area contributed by atoms with Gasteiger partial charge in [-0.2, -0.15) is 0 Å². The molecule has 0 heterocycles. The molecule has 0 unspecified atom stereocenters. The van der Waals surface area contributed by atoms with E-state index in [1.54, 1.807) is 0 Å². The molecule has 1 aliphatic rings. The molecule has 0 fully saturated rings. The van der Waals surface area contributed by atoms with Gasteiger partial charge in [-0.25, -0.2) is 0 Å². The smallest absolute Gasteiger partial charge is 0.0546 e. The SMILES string of the molecule is CC1(C)c2cc(N(c3cc(-c4ccccc4)cc(-c4ccccc4)c3)c3ccc4ccccc4c3-c3cccc4ccccc34)ccc2-c2cc3ccccc3cc21. The summed E-state index contributed by atoms with van der Waals surface area (Å²) >= 11 is 0. The van der Waals surface area contributed by atoms with Gasteiger partial charge in [-0.05, 0) is 131 Å². The van der Waals surface area contributed by atoms with E-state index in [4.69, 9.17) is 0 Å². The monoisotopic (exact) mass is 739 g/mol. The van der Waals surface area contributed by atoms with Crippen molar-refractivity contribution in [1.29, 1.82) is 0 Å². The van der Waals surface area contributed by atoms with Gasteiger partial charge in [-0.15, -0.1) is 0 Å². The van der Waals surface area contributed by atoms with Crippen LogP contribution in [0.25, 0.3) is 76.8 Å². The summed E-state index contributed by atoms with van der Waals surface area (Å²) in [6, 6.07) is 78.4. The van der Waals surface area contributed by atoms with Crippen LogP contribution in [0.15, 0.2) is 212 Å². The maximum absolute atomic E-state index is 2.53. The Labute approximate surface area is 340 Å². The number of rotatable bonds is 6. The zero-order valence-corrected chi connectivity index (χ0v) is 32.7. The number of anilines is 3. The lowest BCUT2D eigenvalue weighted by molar-refractivity contribution is 0.661. The number of hydrogen-bond donors (Lipinski definition) is 0. The van der Waals surface area contributed by atoms with Crippen LogP contribution in [0.2, 0.25) is 0 Å². The second-order valence-corrected chi connectivity index (χ2v) is 16.1. The minimum atomic E-state index is -0.195. The van der Waals surface area contributed by atoms with Gasteiger partial charge in [0.05, 0.1) is 5.69 Å². The fourth-order valence-corrected chi connectivity index (χ4v) is 9.48. The van der Waals surface area contributed by atoms with Crippen molar-refractivity contribution in [1.82, 2.24) is 0 Å². The van der Waals surface area contributed by atoms with Gasteiger partial charge >= 0.3 is 0 Å². The molecule has 1 nitrogen and oxygen atoms in total. The van der Waals surface area contributed by atoms with Gasteiger partial charge in [0.1, 0.15) is 0 Å². The standard InChI is InChI=1S/C57H41N/c1-57(2)53-36-43-23-10-9-22-42(43)35-52(53)50-30-29-46(37-54(50)57)58(47-33-44(38-16-5-3-6-17-38)32-45(34-47)39-18-7-4-8-19-39)55-31-28-41-21-12-14-26-49(41)56(55)51-27-15-24-40-20-11-13-25-48(40)51/h3-37H,1-2H3. The van der Waals surface area contributed by atoms with E-state index < -0.39 is 0 Å². The molecule has 0 amide bonds. The van der Waals surface area contributed by atoms with Crippen molar-refractivity contribution in [2.45, 2.75) is 19.3 Å². The van der Waals surface area contributed by atoms with Gasteiger partial charge < -0.3 is 4.90 Å². The van der Waals surface area contributed by atoms with Crippen LogP contribution in [0, 0.1) is 0 Å². The van der Waals surface area contributed by atoms with E-state index in [1.165, 1.54) is 88.0 Å². The topological polar surface area (TPSA) is 3.24 Å². The summed E-state index contributed by atoms with van der Waals surface area (Å²) in [5, 5.41) is 7.47. The van der Waals surface area contributed by atoms with Gasteiger partial charge in [0.15, 0.2) is 0 Å². The molecule has 10 aromatic carbocycles. The number of fused-ring (bicyclic) bond motifs is 6. The molecule has 0 N–H and O–H groups in total. The summed E-state index contributed by atoms with van der Waals surface area (Å²) < 4.78 is 0. The maximum Gasteiger partial charge on any atom is 0.0546 e. The number of hydrogen-bond acceptors (Lipinski definition) is 1. The lowest BCUT2D eigenvalue weighted by atomic mass is 9.81. The third kappa shape index (κ3) is 5.54. The van der Waals surface area contributed by atoms with E-state index in [1.807, 2.05) is 0 Å². The fraction of sp³-hybridized carbons (Fsp3) is 0.0526. The molecule has 1 heteroatoms. The Kier molecular flexibility index (Phi) is 7.91. The van der Waals surface area contributed by atoms with Crippen LogP contribution >= 0.6 is 0 Å². The molecule has 0 saturated carbocycles. The zero-order valence-electron chi connectivity index (χ0n) is 32.7. The average molecular weight is 740 g/mol. The quantitative estimate of drug-likeness (QED) is 0.164. The number of nitrogens with zero attached hydrogens (tertiary/aromatic N) is 1. The Balaban J connectivity index is 1.23. The highest BCUT2D eigenvalue weighted by Crippen LogP contribution is 2.53. The van der Waals surface area contributed by atoms with Crippen molar-refractivity contribution in [3.05, 3.63) is 223 Å². The molecule has 1 aliphatic carbocycles. The summed E-state index contributed by atoms with van der Waals surface area (Å²) in [7, 11) is 0. The van der Waals surface area contributed by atoms with Crippen LogP contribution in [-0.2, 0) is 5.41 Å². The Morgan fingerprint density at radius 2 is 0.879 bits per heavy atom. The van der Waals surface area contributed by atoms with E-state index in [2.05, 4.69) is 231 Å². The molecule has 10 aromatic rings. The maximum atomic E-state index is 2.53. The molecule has 0 aliphatic heterocycles. The Hall–Kier alpha value is -7.22. The first-order valence-electron chi connectivity index (χ1n) is 20.3. The molecule has 0 aromatic heterocycles. The summed E-state index contributed by atoms with van der Waals surface area (Å²) in [6.45, 7) is 4.78. The van der Waals surface area contributed by atoms with E-state index in [9.17, 15) is 0 Å². The Bertz CT molecular complexity index is 3130. The second kappa shape index (κ2) is 13.5. The normalized spacial score (nSPS) is 12.8. The summed E-state index contributed by atoms with van der Waals surface area (Å²) in [5.41, 5.74) is 15.7. The largest absolute Gasteiger partial charge is 0.310 e. The second-order valence-electron chi connectivity index (χ2n) is 16.1. The number of benzene rings is 10. The molecule has 0 radical (unpaired) electrons. The lowest BCUT2D eigenvalue weighted by Crippen LogP contribution is -2.17. The van der Waals surface area contributed by atoms with E-state index in [0.717, 1.165) is 17.1 Å². The Morgan fingerprint density at radius 3 is 1.57 bits per heavy atom. The minimum absolute atomic E-state index is 0.195. The molecule has 11 rings (SSSR count). The highest BCUT2D eigenvalue weighted by molar-refractivity contribution is 6.11. The van der Waals surface area contributed by atoms with Crippen molar-refractivity contribution in [3.8, 4) is 44.5 Å². The molecular formula is C57H41N. The predicted molar refractivity (Wildman–Crippen MR) is 248 cm³/mol. The van der Waals surface area contributed by atoms with Crippen molar-refractivity contribution >= 4 is 49.4 Å². The summed E-state index contributed by atoms with van der Waals surface area (Å²) in [6.07, 6.45) is 0. The van der Waals surface area contributed by atoms with Gasteiger partial charge in [-0.3, -0.25) is 0 Å². The molecule has 0 spiro atoms. The first kappa shape index (κ1) is 34.1. The van der Waals surface area contributed by atoms with Gasteiger partial charge in [0.25, 0.3) is 0 Å². The zero-order chi connectivity index (χ0) is 38.8. The molecule has 274 valence electrons. The average Bonchev–Trinajstić information content (AvgIpc) is 3.50. The fourth-order valence-electron chi connectivity index (χ4n) is 9.48. The highest BCUT2D eigenvalue weighted by atomic mass is 15.1. The van der Waals surface area contributed by atoms with E-state index in [0.29, 0.717) is 0 Å². The third-order valence-corrected chi connectivity index (χ3v) is 12.4. The van der Waals surface area contributed by atoms with Crippen LogP contribution < -0.4 is 4.90 Å². The first-order valence-corrected chi connectivity index (χ1v) is 20.3. The first-order chi connectivity index (χ1) is 28.5. The molecule has 58 heavy (non-hydrogen) atoms. The van der Waals surface area contributed by atoms with Crippen LogP contribution in [-0.4, -0.2) is 0 Å². The summed E-state index contributed by atoms with van der Waals surface area (Å²) in [5.74, 6) is 0. The Morgan fingerprint density at radius 1 is 0.328 bits per heavy atom. The van der Waals surface area contributed by atoms with Crippen molar-refractivity contribution in [2.24, 2.45) is 0 Å². The molecule has 0 atom stereocenters. The van der Waals surface area contributed by atoms with Crippen molar-refractivity contribution in [3.63, 3.8) is 0 Å². The molecular weight excluding hydrogens is 699 g/mol. The van der Waals surface area contributed by atoms with Crippen molar-refractivity contribution in [2.75, 3.05) is 4.90 Å². The van der Waals surface area contributed by atoms with Crippen molar-refractivity contribution < 1.29 is 0 Å². The molecule has 0 saturated heterocycles. The van der Waals surface area contributed by atoms with Gasteiger partial charge in [0, 0.05) is 22.4 Å². The summed E-state index contributed by atoms with van der Waals surface area (Å²) in [4.78, 5) is 2.53.